The second-order valence-electron chi connectivity index (χ2n) is 7.41. The Hall–Kier alpha value is -2.36. The number of carbonyl (C=O) groups excluding carboxylic acids is 1. The smallest absolute Gasteiger partial charge is 0.251 e. The zero-order chi connectivity index (χ0) is 21.2. The van der Waals surface area contributed by atoms with Gasteiger partial charge < -0.3 is 20.7 Å². The first-order chi connectivity index (χ1) is 14.7. The highest BCUT2D eigenvalue weighted by atomic mass is 127. The molecular formula is C23H32IN5O2. The van der Waals surface area contributed by atoms with Crippen LogP contribution in [0.25, 0.3) is 0 Å². The molecule has 3 rings (SSSR count). The Balaban J connectivity index is 0.00000341. The molecule has 1 aromatic carbocycles. The van der Waals surface area contributed by atoms with E-state index in [4.69, 9.17) is 4.74 Å². The van der Waals surface area contributed by atoms with Crippen molar-refractivity contribution < 1.29 is 9.53 Å². The number of aliphatic imine (C=N–C) groups is 1. The van der Waals surface area contributed by atoms with E-state index < -0.39 is 0 Å². The van der Waals surface area contributed by atoms with Crippen LogP contribution < -0.4 is 20.7 Å². The number of nitrogens with one attached hydrogen (secondary N) is 3. The number of pyridine rings is 1. The van der Waals surface area contributed by atoms with Crippen LogP contribution in [0, 0.1) is 0 Å². The van der Waals surface area contributed by atoms with Crippen LogP contribution in [-0.2, 0) is 13.0 Å². The highest BCUT2D eigenvalue weighted by molar-refractivity contribution is 14.0. The summed E-state index contributed by atoms with van der Waals surface area (Å²) in [7, 11) is 3.39. The van der Waals surface area contributed by atoms with Crippen LogP contribution in [0.2, 0.25) is 0 Å². The number of rotatable bonds is 8. The van der Waals surface area contributed by atoms with Crippen molar-refractivity contribution in [3.05, 3.63) is 59.3 Å². The van der Waals surface area contributed by atoms with E-state index in [9.17, 15) is 4.79 Å². The molecule has 0 atom stereocenters. The van der Waals surface area contributed by atoms with Crippen molar-refractivity contribution in [2.45, 2.75) is 44.8 Å². The fourth-order valence-electron chi connectivity index (χ4n) is 3.51. The first-order valence-corrected chi connectivity index (χ1v) is 10.5. The molecule has 168 valence electrons. The van der Waals surface area contributed by atoms with Crippen molar-refractivity contribution in [3.63, 3.8) is 0 Å². The summed E-state index contributed by atoms with van der Waals surface area (Å²) in [5, 5.41) is 9.25. The molecule has 0 aliphatic heterocycles. The molecule has 0 radical (unpaired) electrons. The van der Waals surface area contributed by atoms with Gasteiger partial charge in [0.15, 0.2) is 5.96 Å². The number of hydrogen-bond acceptors (Lipinski definition) is 4. The minimum atomic E-state index is -0.0736. The number of carbonyl (C=O) groups is 1. The monoisotopic (exact) mass is 537 g/mol. The van der Waals surface area contributed by atoms with E-state index >= 15 is 0 Å². The van der Waals surface area contributed by atoms with E-state index in [0.29, 0.717) is 30.6 Å². The van der Waals surface area contributed by atoms with Crippen LogP contribution in [0.3, 0.4) is 0 Å². The fraction of sp³-hybridized carbons (Fsp3) is 0.435. The van der Waals surface area contributed by atoms with Gasteiger partial charge in [0.2, 0.25) is 5.88 Å². The summed E-state index contributed by atoms with van der Waals surface area (Å²) >= 11 is 0. The number of aromatic nitrogens is 1. The first-order valence-electron chi connectivity index (χ1n) is 10.5. The summed E-state index contributed by atoms with van der Waals surface area (Å²) in [4.78, 5) is 20.4. The van der Waals surface area contributed by atoms with Gasteiger partial charge in [0.1, 0.15) is 6.10 Å². The van der Waals surface area contributed by atoms with Gasteiger partial charge in [0, 0.05) is 45.0 Å². The van der Waals surface area contributed by atoms with Crippen LogP contribution in [0.5, 0.6) is 5.88 Å². The Kier molecular flexibility index (Phi) is 10.6. The molecule has 0 bridgehead atoms. The van der Waals surface area contributed by atoms with Gasteiger partial charge in [-0.3, -0.25) is 9.79 Å². The Labute approximate surface area is 201 Å². The largest absolute Gasteiger partial charge is 0.474 e. The van der Waals surface area contributed by atoms with E-state index in [1.54, 1.807) is 14.1 Å². The summed E-state index contributed by atoms with van der Waals surface area (Å²) in [6.45, 7) is 1.34. The van der Waals surface area contributed by atoms with Gasteiger partial charge in [-0.15, -0.1) is 24.0 Å². The lowest BCUT2D eigenvalue weighted by atomic mass is 10.1. The fourth-order valence-corrected chi connectivity index (χ4v) is 3.51. The molecule has 7 nitrogen and oxygen atoms in total. The predicted octanol–water partition coefficient (Wildman–Crippen LogP) is 3.29. The Morgan fingerprint density at radius 1 is 1.16 bits per heavy atom. The molecule has 1 heterocycles. The van der Waals surface area contributed by atoms with E-state index in [-0.39, 0.29) is 29.9 Å². The number of amides is 1. The molecule has 2 aromatic rings. The van der Waals surface area contributed by atoms with Gasteiger partial charge >= 0.3 is 0 Å². The predicted molar refractivity (Wildman–Crippen MR) is 134 cm³/mol. The molecule has 1 fully saturated rings. The highest BCUT2D eigenvalue weighted by Crippen LogP contribution is 2.22. The molecule has 1 aliphatic carbocycles. The third-order valence-electron chi connectivity index (χ3n) is 5.19. The maximum atomic E-state index is 11.8. The van der Waals surface area contributed by atoms with Gasteiger partial charge in [-0.05, 0) is 55.4 Å². The maximum Gasteiger partial charge on any atom is 0.251 e. The summed E-state index contributed by atoms with van der Waals surface area (Å²) in [5.74, 6) is 1.35. The molecular weight excluding hydrogens is 505 g/mol. The number of guanidine groups is 1. The summed E-state index contributed by atoms with van der Waals surface area (Å²) in [6, 6.07) is 11.6. The van der Waals surface area contributed by atoms with Gasteiger partial charge in [-0.1, -0.05) is 18.2 Å². The Morgan fingerprint density at radius 2 is 1.97 bits per heavy atom. The van der Waals surface area contributed by atoms with Crippen molar-refractivity contribution in [1.82, 2.24) is 20.9 Å². The zero-order valence-electron chi connectivity index (χ0n) is 18.2. The molecule has 0 saturated heterocycles. The lowest BCUT2D eigenvalue weighted by molar-refractivity contribution is 0.0963. The average Bonchev–Trinajstić information content (AvgIpc) is 3.30. The summed E-state index contributed by atoms with van der Waals surface area (Å²) in [6.07, 6.45) is 7.71. The second-order valence-corrected chi connectivity index (χ2v) is 7.41. The van der Waals surface area contributed by atoms with Gasteiger partial charge in [0.25, 0.3) is 5.91 Å². The molecule has 31 heavy (non-hydrogen) atoms. The SMILES string of the molecule is CN=C(NCCc1cccc(C(=O)NC)c1)NCc1ccc(OC2CCCC2)nc1.I. The molecule has 1 saturated carbocycles. The molecule has 0 spiro atoms. The number of ether oxygens (including phenoxy) is 1. The van der Waals surface area contributed by atoms with E-state index in [1.807, 2.05) is 42.6 Å². The molecule has 0 unspecified atom stereocenters. The lowest BCUT2D eigenvalue weighted by Crippen LogP contribution is -2.37. The number of hydrogen-bond donors (Lipinski definition) is 3. The van der Waals surface area contributed by atoms with Gasteiger partial charge in [-0.25, -0.2) is 4.98 Å². The number of nitrogens with zero attached hydrogens (tertiary/aromatic N) is 2. The molecule has 1 aromatic heterocycles. The minimum Gasteiger partial charge on any atom is -0.474 e. The topological polar surface area (TPSA) is 87.6 Å². The first kappa shape index (κ1) is 24.9. The lowest BCUT2D eigenvalue weighted by Gasteiger charge is -2.14. The quantitative estimate of drug-likeness (QED) is 0.274. The van der Waals surface area contributed by atoms with Crippen LogP contribution in [0.15, 0.2) is 47.6 Å². The number of benzene rings is 1. The van der Waals surface area contributed by atoms with E-state index in [1.165, 1.54) is 12.8 Å². The average molecular weight is 537 g/mol. The van der Waals surface area contributed by atoms with Crippen molar-refractivity contribution >= 4 is 35.8 Å². The third kappa shape index (κ3) is 8.01. The standard InChI is InChI=1S/C23H31N5O2.HI/c1-24-22(29)19-7-5-6-17(14-19)12-13-26-23(25-2)28-16-18-10-11-21(27-15-18)30-20-8-3-4-9-20;/h5-7,10-11,14-15,20H,3-4,8-9,12-13,16H2,1-2H3,(H,24,29)(H2,25,26,28);1H. The summed E-state index contributed by atoms with van der Waals surface area (Å²) < 4.78 is 5.91. The number of halogens is 1. The zero-order valence-corrected chi connectivity index (χ0v) is 20.5. The second kappa shape index (κ2) is 13.1. The highest BCUT2D eigenvalue weighted by Gasteiger charge is 2.16. The van der Waals surface area contributed by atoms with E-state index in [0.717, 1.165) is 36.3 Å². The minimum absolute atomic E-state index is 0. The van der Waals surface area contributed by atoms with Crippen molar-refractivity contribution in [3.8, 4) is 5.88 Å². The molecule has 3 N–H and O–H groups in total. The summed E-state index contributed by atoms with van der Waals surface area (Å²) in [5.41, 5.74) is 2.83. The molecule has 8 heteroatoms. The van der Waals surface area contributed by atoms with Crippen molar-refractivity contribution in [2.24, 2.45) is 4.99 Å². The van der Waals surface area contributed by atoms with Crippen LogP contribution in [0.4, 0.5) is 0 Å². The van der Waals surface area contributed by atoms with Crippen molar-refractivity contribution in [2.75, 3.05) is 20.6 Å². The Morgan fingerprint density at radius 3 is 2.65 bits per heavy atom. The van der Waals surface area contributed by atoms with Crippen LogP contribution >= 0.6 is 24.0 Å². The van der Waals surface area contributed by atoms with Crippen LogP contribution in [-0.4, -0.2) is 43.6 Å². The normalized spacial score (nSPS) is 13.9. The van der Waals surface area contributed by atoms with Crippen molar-refractivity contribution in [1.29, 1.82) is 0 Å². The molecule has 1 aliphatic rings. The van der Waals surface area contributed by atoms with Gasteiger partial charge in [-0.2, -0.15) is 0 Å². The Bertz CT molecular complexity index is 851. The van der Waals surface area contributed by atoms with E-state index in [2.05, 4.69) is 25.9 Å². The third-order valence-corrected chi connectivity index (χ3v) is 5.19. The van der Waals surface area contributed by atoms with Crippen LogP contribution in [0.1, 0.15) is 47.2 Å². The van der Waals surface area contributed by atoms with Gasteiger partial charge in [0.05, 0.1) is 0 Å². The molecule has 1 amide bonds. The maximum absolute atomic E-state index is 11.8.